The number of pyridine rings is 1. The molecule has 0 aromatic carbocycles. The normalized spacial score (nSPS) is 20.0. The molecule has 1 fully saturated rings. The Kier molecular flexibility index (Phi) is 5.04. The number of nitrogens with one attached hydrogen (secondary N) is 1. The summed E-state index contributed by atoms with van der Waals surface area (Å²) in [6.07, 6.45) is 8.08. The van der Waals surface area contributed by atoms with Crippen molar-refractivity contribution in [2.75, 3.05) is 0 Å². The van der Waals surface area contributed by atoms with Crippen LogP contribution < -0.4 is 11.2 Å². The number of hydrogen-bond acceptors (Lipinski definition) is 6. The van der Waals surface area contributed by atoms with Crippen LogP contribution in [0.1, 0.15) is 68.7 Å². The van der Waals surface area contributed by atoms with Gasteiger partial charge in [0.2, 0.25) is 11.8 Å². The number of carbonyl (C=O) groups is 1. The lowest BCUT2D eigenvalue weighted by Gasteiger charge is -2.25. The summed E-state index contributed by atoms with van der Waals surface area (Å²) >= 11 is 0. The van der Waals surface area contributed by atoms with Gasteiger partial charge in [-0.05, 0) is 24.5 Å². The number of rotatable bonds is 3. The van der Waals surface area contributed by atoms with Gasteiger partial charge in [-0.15, -0.1) is 0 Å². The van der Waals surface area contributed by atoms with E-state index in [1.807, 2.05) is 6.07 Å². The topological polar surface area (TPSA) is 121 Å². The summed E-state index contributed by atoms with van der Waals surface area (Å²) in [6.45, 7) is 1.39. The molecular formula is C20H23N5O4. The number of aromatic hydroxyl groups is 1. The Bertz CT molecular complexity index is 1070. The number of aromatic amines is 1. The number of nitrogens with zero attached hydrogens (tertiary/aromatic N) is 4. The first-order chi connectivity index (χ1) is 14.0. The molecule has 0 saturated heterocycles. The van der Waals surface area contributed by atoms with Crippen molar-refractivity contribution in [3.05, 3.63) is 56.5 Å². The van der Waals surface area contributed by atoms with Crippen LogP contribution in [0.15, 0.2) is 39.2 Å². The number of hydrazone groups is 1. The summed E-state index contributed by atoms with van der Waals surface area (Å²) < 4.78 is 1.27. The lowest BCUT2D eigenvalue weighted by atomic mass is 9.95. The molecule has 2 aliphatic rings. The molecule has 9 nitrogen and oxygen atoms in total. The van der Waals surface area contributed by atoms with Crippen molar-refractivity contribution in [1.82, 2.24) is 19.5 Å². The average molecular weight is 397 g/mol. The van der Waals surface area contributed by atoms with E-state index in [2.05, 4.69) is 15.1 Å². The fourth-order valence-electron chi connectivity index (χ4n) is 4.26. The zero-order valence-corrected chi connectivity index (χ0v) is 16.2. The lowest BCUT2D eigenvalue weighted by Crippen LogP contribution is -2.36. The number of carbonyl (C=O) groups excluding carboxylic acids is 1. The third-order valence-corrected chi connectivity index (χ3v) is 5.65. The number of H-pyrrole nitrogens is 1. The molecule has 1 saturated carbocycles. The molecule has 9 heteroatoms. The van der Waals surface area contributed by atoms with E-state index < -0.39 is 17.3 Å². The molecule has 1 aliphatic heterocycles. The molecule has 29 heavy (non-hydrogen) atoms. The molecule has 4 rings (SSSR count). The highest BCUT2D eigenvalue weighted by Crippen LogP contribution is 2.35. The molecule has 1 atom stereocenters. The SMILES string of the molecule is CC(=O)N1N=C(c2c(O)n(C3CCCCC3)c(=O)[nH]c2=O)CC1c1cccnc1. The van der Waals surface area contributed by atoms with Crippen LogP contribution in [0.2, 0.25) is 0 Å². The molecule has 0 radical (unpaired) electrons. The number of amides is 1. The van der Waals surface area contributed by atoms with Crippen LogP contribution in [0.25, 0.3) is 0 Å². The monoisotopic (exact) mass is 397 g/mol. The van der Waals surface area contributed by atoms with Crippen LogP contribution in [-0.4, -0.2) is 36.3 Å². The van der Waals surface area contributed by atoms with Gasteiger partial charge in [0, 0.05) is 31.8 Å². The van der Waals surface area contributed by atoms with Gasteiger partial charge >= 0.3 is 5.69 Å². The van der Waals surface area contributed by atoms with Gasteiger partial charge in [0.05, 0.1) is 11.8 Å². The first-order valence-corrected chi connectivity index (χ1v) is 9.82. The van der Waals surface area contributed by atoms with Crippen molar-refractivity contribution in [3.8, 4) is 5.88 Å². The molecule has 3 heterocycles. The Balaban J connectivity index is 1.78. The van der Waals surface area contributed by atoms with E-state index in [1.54, 1.807) is 18.5 Å². The summed E-state index contributed by atoms with van der Waals surface area (Å²) in [4.78, 5) is 43.5. The fourth-order valence-corrected chi connectivity index (χ4v) is 4.26. The van der Waals surface area contributed by atoms with Gasteiger partial charge in [-0.1, -0.05) is 25.3 Å². The minimum absolute atomic E-state index is 0.0483. The summed E-state index contributed by atoms with van der Waals surface area (Å²) in [6, 6.07) is 3.01. The van der Waals surface area contributed by atoms with Gasteiger partial charge in [-0.2, -0.15) is 5.10 Å². The number of aromatic nitrogens is 3. The van der Waals surface area contributed by atoms with E-state index >= 15 is 0 Å². The number of hydrogen-bond donors (Lipinski definition) is 2. The van der Waals surface area contributed by atoms with Gasteiger partial charge in [0.1, 0.15) is 5.56 Å². The van der Waals surface area contributed by atoms with Gasteiger partial charge in [0.25, 0.3) is 5.56 Å². The van der Waals surface area contributed by atoms with Gasteiger partial charge in [-0.25, -0.2) is 9.80 Å². The summed E-state index contributed by atoms with van der Waals surface area (Å²) in [5.74, 6) is -0.662. The maximum Gasteiger partial charge on any atom is 0.331 e. The molecule has 1 aliphatic carbocycles. The third-order valence-electron chi connectivity index (χ3n) is 5.65. The molecule has 0 spiro atoms. The highest BCUT2D eigenvalue weighted by atomic mass is 16.3. The highest BCUT2D eigenvalue weighted by Gasteiger charge is 2.35. The second kappa shape index (κ2) is 7.65. The maximum absolute atomic E-state index is 12.6. The lowest BCUT2D eigenvalue weighted by molar-refractivity contribution is -0.130. The smallest absolute Gasteiger partial charge is 0.331 e. The zero-order valence-electron chi connectivity index (χ0n) is 16.2. The Hall–Kier alpha value is -3.23. The molecular weight excluding hydrogens is 374 g/mol. The minimum Gasteiger partial charge on any atom is -0.494 e. The second-order valence-corrected chi connectivity index (χ2v) is 7.54. The molecule has 1 unspecified atom stereocenters. The molecule has 1 amide bonds. The van der Waals surface area contributed by atoms with Gasteiger partial charge < -0.3 is 5.11 Å². The van der Waals surface area contributed by atoms with Crippen molar-refractivity contribution in [3.63, 3.8) is 0 Å². The van der Waals surface area contributed by atoms with E-state index in [4.69, 9.17) is 0 Å². The molecule has 2 aromatic rings. The predicted molar refractivity (Wildman–Crippen MR) is 106 cm³/mol. The molecule has 0 bridgehead atoms. The van der Waals surface area contributed by atoms with E-state index in [0.717, 1.165) is 37.7 Å². The van der Waals surface area contributed by atoms with Crippen LogP contribution in [0.5, 0.6) is 5.88 Å². The minimum atomic E-state index is -0.700. The van der Waals surface area contributed by atoms with Crippen LogP contribution in [0.4, 0.5) is 0 Å². The largest absolute Gasteiger partial charge is 0.494 e. The Morgan fingerprint density at radius 1 is 1.24 bits per heavy atom. The molecule has 2 aromatic heterocycles. The van der Waals surface area contributed by atoms with E-state index in [1.165, 1.54) is 16.5 Å². The first-order valence-electron chi connectivity index (χ1n) is 9.82. The van der Waals surface area contributed by atoms with Gasteiger partial charge in [0.15, 0.2) is 0 Å². The van der Waals surface area contributed by atoms with E-state index in [9.17, 15) is 19.5 Å². The van der Waals surface area contributed by atoms with Crippen molar-refractivity contribution in [2.24, 2.45) is 5.10 Å². The zero-order chi connectivity index (χ0) is 20.5. The van der Waals surface area contributed by atoms with E-state index in [-0.39, 0.29) is 35.5 Å². The van der Waals surface area contributed by atoms with Crippen LogP contribution in [0, 0.1) is 0 Å². The standard InChI is InChI=1S/C20H23N5O4/c1-12(26)25-16(13-6-5-9-21-11-13)10-15(23-25)17-18(27)22-20(29)24(19(17)28)14-7-3-2-4-8-14/h5-6,9,11,14,16,28H,2-4,7-8,10H2,1H3,(H,22,27,29). The van der Waals surface area contributed by atoms with E-state index in [0.29, 0.717) is 0 Å². The Morgan fingerprint density at radius 3 is 2.66 bits per heavy atom. The maximum atomic E-state index is 12.6. The summed E-state index contributed by atoms with van der Waals surface area (Å²) in [7, 11) is 0. The average Bonchev–Trinajstić information content (AvgIpc) is 3.14. The van der Waals surface area contributed by atoms with Gasteiger partial charge in [-0.3, -0.25) is 24.1 Å². The fraction of sp³-hybridized carbons (Fsp3) is 0.450. The molecule has 152 valence electrons. The van der Waals surface area contributed by atoms with Crippen LogP contribution >= 0.6 is 0 Å². The summed E-state index contributed by atoms with van der Waals surface area (Å²) in [5.41, 5.74) is -0.314. The van der Waals surface area contributed by atoms with Crippen LogP contribution in [-0.2, 0) is 4.79 Å². The van der Waals surface area contributed by atoms with Crippen molar-refractivity contribution >= 4 is 11.6 Å². The predicted octanol–water partition coefficient (Wildman–Crippen LogP) is 1.84. The van der Waals surface area contributed by atoms with Crippen molar-refractivity contribution in [1.29, 1.82) is 0 Å². The molecule has 2 N–H and O–H groups in total. The summed E-state index contributed by atoms with van der Waals surface area (Å²) in [5, 5.41) is 16.5. The first kappa shape index (κ1) is 19.1. The quantitative estimate of drug-likeness (QED) is 0.819. The van der Waals surface area contributed by atoms with Crippen molar-refractivity contribution in [2.45, 2.75) is 57.5 Å². The second-order valence-electron chi connectivity index (χ2n) is 7.54. The van der Waals surface area contributed by atoms with Crippen LogP contribution in [0.3, 0.4) is 0 Å². The Morgan fingerprint density at radius 2 is 2.00 bits per heavy atom. The van der Waals surface area contributed by atoms with Crippen molar-refractivity contribution < 1.29 is 9.90 Å². The Labute approximate surface area is 166 Å². The third kappa shape index (κ3) is 3.48. The highest BCUT2D eigenvalue weighted by molar-refractivity contribution is 6.04.